The van der Waals surface area contributed by atoms with Gasteiger partial charge in [-0.25, -0.2) is 18.4 Å². The van der Waals surface area contributed by atoms with Crippen LogP contribution in [-0.4, -0.2) is 105 Å². The molecule has 7 rings (SSSR count). The molecule has 6 aromatic rings. The minimum Gasteiger partial charge on any atom is -0.391 e. The van der Waals surface area contributed by atoms with Gasteiger partial charge in [0.05, 0.1) is 46.2 Å². The largest absolute Gasteiger partial charge is 0.391 e. The fourth-order valence-corrected chi connectivity index (χ4v) is 10.2. The third-order valence-corrected chi connectivity index (χ3v) is 14.6. The van der Waals surface area contributed by atoms with Crippen LogP contribution in [0.1, 0.15) is 73.6 Å². The topological polar surface area (TPSA) is 251 Å². The van der Waals surface area contributed by atoms with Crippen molar-refractivity contribution in [1.82, 2.24) is 40.1 Å². The number of amides is 6. The second-order valence-electron chi connectivity index (χ2n) is 18.6. The minimum atomic E-state index is -3.55. The quantitative estimate of drug-likeness (QED) is 0.0593. The molecule has 1 saturated heterocycles. The lowest BCUT2D eigenvalue weighted by Gasteiger charge is -2.35. The molecule has 0 aliphatic carbocycles. The standard InChI is InChI=1S/C51H57N9O9S3/c1-31-45(71-30-55-31)34-17-15-32(16-18-34)24-53-48(66)41-23-39(61)28-60(41)49(67)46(51(2,3)4)57-43(63)14-8-13-42(62)52-25-33-9-6-10-35(21-33)36-11-7-12-37(22-36)40-29-70-50(56-40)58-44(64)26-54-47(65)38-19-20-59(27-38)72(5,68)69/h6-7,9-12,15-22,27,29-30,39,41,46,61H,8,13-14,23-26,28H2,1-5H3,(H,52,62)(H,53,66)(H,54,65)(H,57,63)(H,56,58,64)/t39-,41+,46-/m1/s1. The summed E-state index contributed by atoms with van der Waals surface area (Å²) in [7, 11) is -3.55. The highest BCUT2D eigenvalue weighted by Gasteiger charge is 2.44. The molecule has 6 amide bonds. The molecular formula is C51H57N9O9S3. The van der Waals surface area contributed by atoms with E-state index in [-0.39, 0.29) is 63.3 Å². The van der Waals surface area contributed by atoms with Crippen LogP contribution in [0.4, 0.5) is 5.13 Å². The summed E-state index contributed by atoms with van der Waals surface area (Å²) >= 11 is 2.78. The maximum Gasteiger partial charge on any atom is 0.253 e. The average Bonchev–Trinajstić information content (AvgIpc) is 4.19. The van der Waals surface area contributed by atoms with Crippen LogP contribution in [0.15, 0.2) is 102 Å². The molecule has 72 heavy (non-hydrogen) atoms. The molecule has 3 aromatic carbocycles. The molecule has 3 atom stereocenters. The van der Waals surface area contributed by atoms with Crippen molar-refractivity contribution in [3.63, 3.8) is 0 Å². The first-order chi connectivity index (χ1) is 34.2. The number of β-amino-alcohol motifs (C(OH)–C–C–N with tert-alkyl or cyclic N) is 1. The van der Waals surface area contributed by atoms with Crippen molar-refractivity contribution in [1.29, 1.82) is 0 Å². The number of aryl methyl sites for hydroxylation is 1. The van der Waals surface area contributed by atoms with Crippen molar-refractivity contribution in [2.75, 3.05) is 24.7 Å². The summed E-state index contributed by atoms with van der Waals surface area (Å²) in [6, 6.07) is 22.6. The molecular weight excluding hydrogens is 979 g/mol. The summed E-state index contributed by atoms with van der Waals surface area (Å²) in [4.78, 5) is 90.1. The van der Waals surface area contributed by atoms with E-state index in [4.69, 9.17) is 0 Å². The zero-order valence-corrected chi connectivity index (χ0v) is 42.9. The SMILES string of the molecule is Cc1ncsc1-c1ccc(CNC(=O)[C@@H]2C[C@@H](O)CN2C(=O)[C@@H](NC(=O)CCCC(=O)NCc2cccc(-c3cccc(-c4csc(NC(=O)CNC(=O)c5ccn(S(C)(=O)=O)c5)n4)c3)c2)C(C)(C)C)cc1. The van der Waals surface area contributed by atoms with Crippen LogP contribution < -0.4 is 26.6 Å². The third-order valence-electron chi connectivity index (χ3n) is 11.9. The van der Waals surface area contributed by atoms with Crippen molar-refractivity contribution in [3.8, 4) is 32.8 Å². The zero-order valence-electron chi connectivity index (χ0n) is 40.4. The molecule has 0 spiro atoms. The smallest absolute Gasteiger partial charge is 0.253 e. The lowest BCUT2D eigenvalue weighted by atomic mass is 9.85. The first kappa shape index (κ1) is 52.7. The van der Waals surface area contributed by atoms with Gasteiger partial charge in [0, 0.05) is 62.2 Å². The second-order valence-corrected chi connectivity index (χ2v) is 22.2. The summed E-state index contributed by atoms with van der Waals surface area (Å²) in [5.41, 5.74) is 8.08. The number of hydrogen-bond donors (Lipinski definition) is 6. The molecule has 0 bridgehead atoms. The van der Waals surface area contributed by atoms with Crippen LogP contribution >= 0.6 is 22.7 Å². The number of aliphatic hydroxyl groups excluding tert-OH is 1. The first-order valence-corrected chi connectivity index (χ1v) is 26.8. The van der Waals surface area contributed by atoms with Crippen LogP contribution in [0.2, 0.25) is 0 Å². The zero-order chi connectivity index (χ0) is 51.7. The van der Waals surface area contributed by atoms with E-state index in [1.165, 1.54) is 34.7 Å². The van der Waals surface area contributed by atoms with Crippen LogP contribution in [0.3, 0.4) is 0 Å². The Bertz CT molecular complexity index is 3070. The van der Waals surface area contributed by atoms with E-state index in [0.717, 1.165) is 54.2 Å². The fraction of sp³-hybridized carbons (Fsp3) is 0.333. The normalized spacial score (nSPS) is 15.1. The van der Waals surface area contributed by atoms with Crippen molar-refractivity contribution in [2.45, 2.75) is 84.7 Å². The van der Waals surface area contributed by atoms with E-state index >= 15 is 0 Å². The van der Waals surface area contributed by atoms with Crippen molar-refractivity contribution < 1.29 is 42.3 Å². The van der Waals surface area contributed by atoms with Gasteiger partial charge in [0.1, 0.15) is 12.1 Å². The van der Waals surface area contributed by atoms with Gasteiger partial charge in [-0.1, -0.05) is 81.4 Å². The van der Waals surface area contributed by atoms with Gasteiger partial charge >= 0.3 is 0 Å². The Morgan fingerprint density at radius 3 is 2.21 bits per heavy atom. The Morgan fingerprint density at radius 2 is 1.51 bits per heavy atom. The number of aromatic nitrogens is 3. The predicted molar refractivity (Wildman–Crippen MR) is 276 cm³/mol. The van der Waals surface area contributed by atoms with E-state index in [0.29, 0.717) is 10.8 Å². The molecule has 21 heteroatoms. The highest BCUT2D eigenvalue weighted by atomic mass is 32.2. The van der Waals surface area contributed by atoms with Gasteiger partial charge in [0.25, 0.3) is 5.91 Å². The molecule has 1 aliphatic rings. The van der Waals surface area contributed by atoms with Crippen molar-refractivity contribution in [2.24, 2.45) is 5.41 Å². The Balaban J connectivity index is 0.853. The van der Waals surface area contributed by atoms with E-state index in [2.05, 4.69) is 36.6 Å². The number of carbonyl (C=O) groups is 6. The molecule has 3 aromatic heterocycles. The number of hydrogen-bond acceptors (Lipinski definition) is 13. The number of rotatable bonds is 19. The number of likely N-dealkylation sites (tertiary alicyclic amines) is 1. The number of aliphatic hydroxyl groups is 1. The minimum absolute atomic E-state index is 0.00975. The van der Waals surface area contributed by atoms with E-state index in [9.17, 15) is 42.3 Å². The molecule has 0 saturated carbocycles. The molecule has 0 radical (unpaired) electrons. The monoisotopic (exact) mass is 1040 g/mol. The Hall–Kier alpha value is -7.07. The number of thiazole rings is 2. The summed E-state index contributed by atoms with van der Waals surface area (Å²) in [6.45, 7) is 7.49. The highest BCUT2D eigenvalue weighted by Crippen LogP contribution is 2.31. The Morgan fingerprint density at radius 1 is 0.819 bits per heavy atom. The van der Waals surface area contributed by atoms with E-state index in [1.54, 1.807) is 22.2 Å². The number of anilines is 1. The first-order valence-electron chi connectivity index (χ1n) is 23.2. The Labute approximate surface area is 425 Å². The summed E-state index contributed by atoms with van der Waals surface area (Å²) in [5, 5.41) is 26.6. The predicted octanol–water partition coefficient (Wildman–Crippen LogP) is 5.48. The van der Waals surface area contributed by atoms with Gasteiger partial charge < -0.3 is 36.6 Å². The van der Waals surface area contributed by atoms with E-state index in [1.807, 2.05) is 100 Å². The Kier molecular flexibility index (Phi) is 16.8. The summed E-state index contributed by atoms with van der Waals surface area (Å²) in [5.74, 6) is -2.63. The van der Waals surface area contributed by atoms with Crippen molar-refractivity contribution in [3.05, 3.63) is 125 Å². The van der Waals surface area contributed by atoms with Gasteiger partial charge in [-0.2, -0.15) is 0 Å². The fourth-order valence-electron chi connectivity index (χ4n) is 8.04. The third kappa shape index (κ3) is 13.9. The molecule has 0 unspecified atom stereocenters. The van der Waals surface area contributed by atoms with Crippen molar-refractivity contribution >= 4 is 73.3 Å². The lowest BCUT2D eigenvalue weighted by Crippen LogP contribution is -2.57. The average molecular weight is 1040 g/mol. The maximum atomic E-state index is 14.1. The lowest BCUT2D eigenvalue weighted by molar-refractivity contribution is -0.144. The van der Waals surface area contributed by atoms with Gasteiger partial charge in [-0.3, -0.25) is 32.7 Å². The molecule has 18 nitrogen and oxygen atoms in total. The van der Waals surface area contributed by atoms with Crippen LogP contribution in [-0.2, 0) is 47.1 Å². The second kappa shape index (κ2) is 23.0. The van der Waals surface area contributed by atoms with Gasteiger partial charge in [-0.15, -0.1) is 22.7 Å². The molecule has 1 fully saturated rings. The molecule has 1 aliphatic heterocycles. The number of nitrogens with one attached hydrogen (secondary N) is 5. The number of nitrogens with zero attached hydrogens (tertiary/aromatic N) is 4. The number of benzene rings is 3. The molecule has 378 valence electrons. The van der Waals surface area contributed by atoms with Gasteiger partial charge in [-0.05, 0) is 64.8 Å². The van der Waals surface area contributed by atoms with Crippen LogP contribution in [0, 0.1) is 12.3 Å². The number of carbonyl (C=O) groups excluding carboxylic acids is 6. The van der Waals surface area contributed by atoms with Crippen LogP contribution in [0.25, 0.3) is 32.8 Å². The summed E-state index contributed by atoms with van der Waals surface area (Å²) < 4.78 is 24.3. The highest BCUT2D eigenvalue weighted by molar-refractivity contribution is 7.89. The summed E-state index contributed by atoms with van der Waals surface area (Å²) in [6.07, 6.45) is 2.89. The van der Waals surface area contributed by atoms with E-state index < -0.39 is 63.2 Å². The maximum absolute atomic E-state index is 14.1. The van der Waals surface area contributed by atoms with Crippen LogP contribution in [0.5, 0.6) is 0 Å². The van der Waals surface area contributed by atoms with Gasteiger partial charge in [0.15, 0.2) is 5.13 Å². The molecule has 4 heterocycles. The molecule has 6 N–H and O–H groups in total. The van der Waals surface area contributed by atoms with Gasteiger partial charge in [0.2, 0.25) is 39.6 Å².